The molecule has 0 heterocycles. The monoisotopic (exact) mass is 142 g/mol. The molecule has 0 spiro atoms. The summed E-state index contributed by atoms with van der Waals surface area (Å²) in [5.41, 5.74) is 0. The van der Waals surface area contributed by atoms with Gasteiger partial charge >= 0.3 is 0 Å². The zero-order chi connectivity index (χ0) is 8.31. The van der Waals surface area contributed by atoms with Crippen molar-refractivity contribution in [1.29, 1.82) is 0 Å². The molecule has 0 aromatic heterocycles. The van der Waals surface area contributed by atoms with Crippen LogP contribution in [-0.2, 0) is 14.4 Å². The van der Waals surface area contributed by atoms with Crippen LogP contribution < -0.4 is 0 Å². The number of hydrogen-bond donors (Lipinski definition) is 0. The molecule has 0 aliphatic carbocycles. The van der Waals surface area contributed by atoms with Crippen LogP contribution in [0.25, 0.3) is 0 Å². The van der Waals surface area contributed by atoms with Crippen molar-refractivity contribution >= 4 is 17.3 Å². The highest BCUT2D eigenvalue weighted by Gasteiger charge is 2.23. The van der Waals surface area contributed by atoms with E-state index in [1.54, 1.807) is 0 Å². The normalized spacial score (nSPS) is 9.60. The van der Waals surface area contributed by atoms with Crippen molar-refractivity contribution in [1.82, 2.24) is 0 Å². The van der Waals surface area contributed by atoms with Gasteiger partial charge in [0, 0.05) is 0 Å². The van der Waals surface area contributed by atoms with Crippen LogP contribution in [0.5, 0.6) is 0 Å². The lowest BCUT2D eigenvalue weighted by atomic mass is 9.97. The highest BCUT2D eigenvalue weighted by molar-refractivity contribution is 6.17. The minimum Gasteiger partial charge on any atom is -0.299 e. The van der Waals surface area contributed by atoms with Crippen molar-refractivity contribution < 1.29 is 14.4 Å². The summed E-state index contributed by atoms with van der Waals surface area (Å²) in [4.78, 5) is 31.8. The molecule has 0 aliphatic heterocycles. The molecule has 0 atom stereocenters. The van der Waals surface area contributed by atoms with Crippen molar-refractivity contribution in [2.75, 3.05) is 0 Å². The molecule has 3 heteroatoms. The Morgan fingerprint density at radius 3 is 1.00 bits per heavy atom. The largest absolute Gasteiger partial charge is 0.299 e. The molecule has 0 amide bonds. The maximum atomic E-state index is 10.6. The summed E-state index contributed by atoms with van der Waals surface area (Å²) in [6.07, 6.45) is 0. The first-order chi connectivity index (χ1) is 4.46. The van der Waals surface area contributed by atoms with Crippen molar-refractivity contribution in [2.45, 2.75) is 20.8 Å². The quantitative estimate of drug-likeness (QED) is 0.535. The Hall–Kier alpha value is -0.990. The van der Waals surface area contributed by atoms with Gasteiger partial charge < -0.3 is 0 Å². The Morgan fingerprint density at radius 1 is 0.800 bits per heavy atom. The molecule has 0 radical (unpaired) electrons. The van der Waals surface area contributed by atoms with Gasteiger partial charge in [0.15, 0.2) is 0 Å². The van der Waals surface area contributed by atoms with E-state index in [-0.39, 0.29) is 17.3 Å². The lowest BCUT2D eigenvalue weighted by Crippen LogP contribution is -2.26. The van der Waals surface area contributed by atoms with E-state index >= 15 is 0 Å². The number of hydrogen-bond acceptors (Lipinski definition) is 3. The van der Waals surface area contributed by atoms with E-state index in [1.165, 1.54) is 20.8 Å². The molecule has 0 N–H and O–H groups in total. The third kappa shape index (κ3) is 2.09. The van der Waals surface area contributed by atoms with E-state index < -0.39 is 5.92 Å². The standard InChI is InChI=1S/C7H10O3/c1-4(8)7(5(2)9)6(3)10/h7H,1-3H3. The Kier molecular flexibility index (Phi) is 2.93. The van der Waals surface area contributed by atoms with Gasteiger partial charge in [-0.3, -0.25) is 14.4 Å². The molecular weight excluding hydrogens is 132 g/mol. The maximum Gasteiger partial charge on any atom is 0.147 e. The molecule has 10 heavy (non-hydrogen) atoms. The van der Waals surface area contributed by atoms with Crippen molar-refractivity contribution in [2.24, 2.45) is 5.92 Å². The van der Waals surface area contributed by atoms with Crippen LogP contribution in [0.1, 0.15) is 20.8 Å². The molecule has 0 aromatic rings. The minimum atomic E-state index is -1.03. The van der Waals surface area contributed by atoms with E-state index in [1.807, 2.05) is 0 Å². The predicted molar refractivity (Wildman–Crippen MR) is 35.5 cm³/mol. The molecule has 0 aromatic carbocycles. The number of carbonyl (C=O) groups excluding carboxylic acids is 3. The first-order valence-electron chi connectivity index (χ1n) is 2.98. The number of carbonyl (C=O) groups is 3. The number of rotatable bonds is 3. The molecular formula is C7H10O3. The molecule has 0 saturated carbocycles. The second kappa shape index (κ2) is 3.25. The first-order valence-corrected chi connectivity index (χ1v) is 2.98. The van der Waals surface area contributed by atoms with Gasteiger partial charge in [-0.2, -0.15) is 0 Å². The molecule has 3 nitrogen and oxygen atoms in total. The summed E-state index contributed by atoms with van der Waals surface area (Å²) < 4.78 is 0. The van der Waals surface area contributed by atoms with Gasteiger partial charge in [0.25, 0.3) is 0 Å². The lowest BCUT2D eigenvalue weighted by molar-refractivity contribution is -0.137. The maximum absolute atomic E-state index is 10.6. The molecule has 0 aliphatic rings. The summed E-state index contributed by atoms with van der Waals surface area (Å²) >= 11 is 0. The average Bonchev–Trinajstić information content (AvgIpc) is 1.59. The van der Waals surface area contributed by atoms with Crippen LogP contribution in [0.4, 0.5) is 0 Å². The van der Waals surface area contributed by atoms with Gasteiger partial charge in [-0.05, 0) is 20.8 Å². The SMILES string of the molecule is CC(=O)C(C(C)=O)C(C)=O. The highest BCUT2D eigenvalue weighted by Crippen LogP contribution is 2.00. The molecule has 56 valence electrons. The van der Waals surface area contributed by atoms with Crippen LogP contribution in [0.15, 0.2) is 0 Å². The summed E-state index contributed by atoms with van der Waals surface area (Å²) in [5, 5.41) is 0. The van der Waals surface area contributed by atoms with Gasteiger partial charge in [0.1, 0.15) is 23.3 Å². The zero-order valence-electron chi connectivity index (χ0n) is 6.30. The lowest BCUT2D eigenvalue weighted by Gasteiger charge is -2.02. The van der Waals surface area contributed by atoms with E-state index in [4.69, 9.17) is 0 Å². The predicted octanol–water partition coefficient (Wildman–Crippen LogP) is 0.370. The van der Waals surface area contributed by atoms with Crippen LogP contribution in [-0.4, -0.2) is 17.3 Å². The molecule has 0 fully saturated rings. The second-order valence-corrected chi connectivity index (χ2v) is 2.26. The fourth-order valence-corrected chi connectivity index (χ4v) is 0.859. The van der Waals surface area contributed by atoms with Crippen LogP contribution >= 0.6 is 0 Å². The Labute approximate surface area is 59.4 Å². The smallest absolute Gasteiger partial charge is 0.147 e. The highest BCUT2D eigenvalue weighted by atomic mass is 16.2. The third-order valence-corrected chi connectivity index (χ3v) is 1.22. The summed E-state index contributed by atoms with van der Waals surface area (Å²) in [7, 11) is 0. The van der Waals surface area contributed by atoms with E-state index in [0.29, 0.717) is 0 Å². The first kappa shape index (κ1) is 9.01. The number of ketones is 3. The Balaban J connectivity index is 4.43. The fourth-order valence-electron chi connectivity index (χ4n) is 0.859. The van der Waals surface area contributed by atoms with Gasteiger partial charge in [0.2, 0.25) is 0 Å². The van der Waals surface area contributed by atoms with E-state index in [2.05, 4.69) is 0 Å². The van der Waals surface area contributed by atoms with Gasteiger partial charge in [-0.25, -0.2) is 0 Å². The fraction of sp³-hybridized carbons (Fsp3) is 0.571. The van der Waals surface area contributed by atoms with E-state index in [9.17, 15) is 14.4 Å². The minimum absolute atomic E-state index is 0.375. The van der Waals surface area contributed by atoms with E-state index in [0.717, 1.165) is 0 Å². The van der Waals surface area contributed by atoms with Crippen molar-refractivity contribution in [3.63, 3.8) is 0 Å². The Morgan fingerprint density at radius 2 is 1.00 bits per heavy atom. The van der Waals surface area contributed by atoms with Gasteiger partial charge in [-0.1, -0.05) is 0 Å². The summed E-state index contributed by atoms with van der Waals surface area (Å²) in [6, 6.07) is 0. The second-order valence-electron chi connectivity index (χ2n) is 2.26. The summed E-state index contributed by atoms with van der Waals surface area (Å²) in [6.45, 7) is 3.73. The molecule has 0 unspecified atom stereocenters. The van der Waals surface area contributed by atoms with Crippen LogP contribution in [0.3, 0.4) is 0 Å². The summed E-state index contributed by atoms with van der Waals surface area (Å²) in [5.74, 6) is -2.15. The zero-order valence-corrected chi connectivity index (χ0v) is 6.30. The molecule has 0 saturated heterocycles. The van der Waals surface area contributed by atoms with Gasteiger partial charge in [0.05, 0.1) is 0 Å². The topological polar surface area (TPSA) is 51.2 Å². The van der Waals surface area contributed by atoms with Gasteiger partial charge in [-0.15, -0.1) is 0 Å². The van der Waals surface area contributed by atoms with Crippen LogP contribution in [0.2, 0.25) is 0 Å². The Bertz CT molecular complexity index is 148. The molecule has 0 bridgehead atoms. The molecule has 0 rings (SSSR count). The van der Waals surface area contributed by atoms with Crippen molar-refractivity contribution in [3.05, 3.63) is 0 Å². The average molecular weight is 142 g/mol. The number of Topliss-reactive ketones (excluding diaryl/α,β-unsaturated/α-hetero) is 3. The van der Waals surface area contributed by atoms with Crippen LogP contribution in [0, 0.1) is 5.92 Å². The third-order valence-electron chi connectivity index (χ3n) is 1.22. The van der Waals surface area contributed by atoms with Crippen molar-refractivity contribution in [3.8, 4) is 0 Å².